The van der Waals surface area contributed by atoms with Crippen molar-refractivity contribution in [3.8, 4) is 5.75 Å². The van der Waals surface area contributed by atoms with E-state index >= 15 is 0 Å². The van der Waals surface area contributed by atoms with Crippen molar-refractivity contribution in [2.75, 3.05) is 23.0 Å². The quantitative estimate of drug-likeness (QED) is 0.481. The standard InChI is InChI=1S/C22H25ClF3N5O.C2H6/c1-3-18-14(2)21(22(24,25)26)29-31(18)15-4-6-16(7-5-15)32-17-8-10-30(11-9-17)20-13-27-19(23)12-28-20;1-2/h4-7,12-14,17-18H,3,8-11H2,1-2H3;1-2H3/t14?,18-;/m0./s1. The van der Waals surface area contributed by atoms with Crippen molar-refractivity contribution in [3.63, 3.8) is 0 Å². The number of hydrogen-bond acceptors (Lipinski definition) is 6. The molecular formula is C24H31ClF3N5O. The third-order valence-electron chi connectivity index (χ3n) is 6.02. The van der Waals surface area contributed by atoms with Gasteiger partial charge in [-0.25, -0.2) is 9.97 Å². The summed E-state index contributed by atoms with van der Waals surface area (Å²) < 4.78 is 46.0. The first-order chi connectivity index (χ1) is 16.3. The van der Waals surface area contributed by atoms with E-state index in [4.69, 9.17) is 16.3 Å². The lowest BCUT2D eigenvalue weighted by Crippen LogP contribution is -2.38. The lowest BCUT2D eigenvalue weighted by molar-refractivity contribution is -0.0620. The van der Waals surface area contributed by atoms with Crippen LogP contribution in [0.25, 0.3) is 0 Å². The second-order valence-corrected chi connectivity index (χ2v) is 8.47. The molecule has 4 rings (SSSR count). The molecule has 2 aromatic rings. The van der Waals surface area contributed by atoms with Crippen molar-refractivity contribution in [2.24, 2.45) is 11.0 Å². The van der Waals surface area contributed by atoms with E-state index < -0.39 is 17.8 Å². The van der Waals surface area contributed by atoms with Gasteiger partial charge in [0, 0.05) is 31.8 Å². The molecule has 2 aliphatic rings. The van der Waals surface area contributed by atoms with E-state index in [1.807, 2.05) is 20.8 Å². The van der Waals surface area contributed by atoms with Crippen LogP contribution in [0.3, 0.4) is 0 Å². The first-order valence-electron chi connectivity index (χ1n) is 11.7. The molecule has 1 aromatic heterocycles. The molecule has 3 heterocycles. The van der Waals surface area contributed by atoms with Crippen LogP contribution in [0.5, 0.6) is 5.75 Å². The number of benzene rings is 1. The first-order valence-corrected chi connectivity index (χ1v) is 12.1. The second kappa shape index (κ2) is 11.3. The lowest BCUT2D eigenvalue weighted by Gasteiger charge is -2.32. The molecule has 0 saturated carbocycles. The minimum atomic E-state index is -4.42. The predicted molar refractivity (Wildman–Crippen MR) is 130 cm³/mol. The summed E-state index contributed by atoms with van der Waals surface area (Å²) in [4.78, 5) is 10.5. The number of ether oxygens (including phenoxy) is 1. The van der Waals surface area contributed by atoms with Gasteiger partial charge in [-0.15, -0.1) is 0 Å². The predicted octanol–water partition coefficient (Wildman–Crippen LogP) is 6.36. The fourth-order valence-corrected chi connectivity index (χ4v) is 4.40. The molecular weight excluding hydrogens is 467 g/mol. The van der Waals surface area contributed by atoms with Gasteiger partial charge in [-0.3, -0.25) is 5.01 Å². The van der Waals surface area contributed by atoms with Crippen LogP contribution in [0.15, 0.2) is 41.8 Å². The van der Waals surface area contributed by atoms with Crippen LogP contribution in [0.1, 0.15) is 47.0 Å². The number of aromatic nitrogens is 2. The van der Waals surface area contributed by atoms with E-state index in [2.05, 4.69) is 20.0 Å². The van der Waals surface area contributed by atoms with Gasteiger partial charge < -0.3 is 9.64 Å². The van der Waals surface area contributed by atoms with E-state index in [-0.39, 0.29) is 12.1 Å². The largest absolute Gasteiger partial charge is 0.490 e. The molecule has 0 bridgehead atoms. The van der Waals surface area contributed by atoms with Crippen molar-refractivity contribution >= 4 is 28.8 Å². The minimum Gasteiger partial charge on any atom is -0.490 e. The number of piperidine rings is 1. The monoisotopic (exact) mass is 497 g/mol. The molecule has 186 valence electrons. The van der Waals surface area contributed by atoms with Gasteiger partial charge in [0.1, 0.15) is 28.5 Å². The summed E-state index contributed by atoms with van der Waals surface area (Å²) in [5.74, 6) is 0.812. The maximum Gasteiger partial charge on any atom is 0.431 e. The molecule has 0 aliphatic carbocycles. The summed E-state index contributed by atoms with van der Waals surface area (Å²) in [5.41, 5.74) is -0.0896. The Balaban J connectivity index is 0.00000158. The minimum absolute atomic E-state index is 0.0578. The number of rotatable bonds is 5. The molecule has 1 saturated heterocycles. The van der Waals surface area contributed by atoms with Gasteiger partial charge in [0.25, 0.3) is 0 Å². The lowest BCUT2D eigenvalue weighted by atomic mass is 9.95. The van der Waals surface area contributed by atoms with Gasteiger partial charge in [-0.1, -0.05) is 39.3 Å². The van der Waals surface area contributed by atoms with E-state index in [1.54, 1.807) is 37.4 Å². The highest BCUT2D eigenvalue weighted by atomic mass is 35.5. The van der Waals surface area contributed by atoms with Crippen molar-refractivity contribution in [2.45, 2.75) is 65.3 Å². The number of nitrogens with zero attached hydrogens (tertiary/aromatic N) is 5. The van der Waals surface area contributed by atoms with Gasteiger partial charge in [-0.2, -0.15) is 18.3 Å². The Kier molecular flexibility index (Phi) is 8.62. The van der Waals surface area contributed by atoms with Crippen molar-refractivity contribution in [3.05, 3.63) is 41.8 Å². The number of anilines is 2. The van der Waals surface area contributed by atoms with E-state index in [0.717, 1.165) is 31.7 Å². The Morgan fingerprint density at radius 3 is 2.24 bits per heavy atom. The molecule has 0 N–H and O–H groups in total. The Morgan fingerprint density at radius 2 is 1.71 bits per heavy atom. The van der Waals surface area contributed by atoms with Crippen molar-refractivity contribution in [1.29, 1.82) is 0 Å². The number of halogens is 4. The molecule has 1 aromatic carbocycles. The highest BCUT2D eigenvalue weighted by Crippen LogP contribution is 2.36. The number of hydrazone groups is 1. The van der Waals surface area contributed by atoms with Crippen molar-refractivity contribution in [1.82, 2.24) is 9.97 Å². The molecule has 1 fully saturated rings. The molecule has 0 radical (unpaired) electrons. The normalized spacial score (nSPS) is 21.1. The van der Waals surface area contributed by atoms with Crippen LogP contribution < -0.4 is 14.6 Å². The van der Waals surface area contributed by atoms with E-state index in [9.17, 15) is 13.2 Å². The molecule has 2 atom stereocenters. The van der Waals surface area contributed by atoms with Crippen LogP contribution in [-0.2, 0) is 0 Å². The Bertz CT molecular complexity index is 945. The van der Waals surface area contributed by atoms with Crippen LogP contribution >= 0.6 is 11.6 Å². The van der Waals surface area contributed by atoms with Gasteiger partial charge in [0.15, 0.2) is 0 Å². The zero-order valence-corrected chi connectivity index (χ0v) is 20.6. The maximum absolute atomic E-state index is 13.3. The van der Waals surface area contributed by atoms with E-state index in [0.29, 0.717) is 23.0 Å². The summed E-state index contributed by atoms with van der Waals surface area (Å²) in [7, 11) is 0. The van der Waals surface area contributed by atoms with Gasteiger partial charge in [-0.05, 0) is 30.7 Å². The van der Waals surface area contributed by atoms with Crippen molar-refractivity contribution < 1.29 is 17.9 Å². The Morgan fingerprint density at radius 1 is 1.06 bits per heavy atom. The molecule has 1 unspecified atom stereocenters. The van der Waals surface area contributed by atoms with Gasteiger partial charge in [0.05, 0.1) is 24.1 Å². The SMILES string of the molecule is CC.CC[C@H]1C(C)C(C(F)(F)F)=NN1c1ccc(OC2CCN(c3cnc(Cl)cn3)CC2)cc1. The van der Waals surface area contributed by atoms with E-state index in [1.165, 1.54) is 11.2 Å². The molecule has 2 aliphatic heterocycles. The summed E-state index contributed by atoms with van der Waals surface area (Å²) in [6.07, 6.45) is 1.06. The highest BCUT2D eigenvalue weighted by molar-refractivity contribution is 6.29. The summed E-state index contributed by atoms with van der Waals surface area (Å²) >= 11 is 5.79. The Hall–Kier alpha value is -2.55. The Labute approximate surface area is 203 Å². The molecule has 0 amide bonds. The highest BCUT2D eigenvalue weighted by Gasteiger charge is 2.47. The van der Waals surface area contributed by atoms with Gasteiger partial charge in [0.2, 0.25) is 0 Å². The second-order valence-electron chi connectivity index (χ2n) is 8.09. The maximum atomic E-state index is 13.3. The van der Waals surface area contributed by atoms with Crippen LogP contribution in [0.4, 0.5) is 24.7 Å². The third kappa shape index (κ3) is 5.92. The topological polar surface area (TPSA) is 53.9 Å². The van der Waals surface area contributed by atoms with Crippen LogP contribution in [0, 0.1) is 5.92 Å². The average molecular weight is 498 g/mol. The molecule has 0 spiro atoms. The van der Waals surface area contributed by atoms with Crippen LogP contribution in [-0.4, -0.2) is 47.1 Å². The number of alkyl halides is 3. The zero-order chi connectivity index (χ0) is 24.9. The fraction of sp³-hybridized carbons (Fsp3) is 0.542. The van der Waals surface area contributed by atoms with Gasteiger partial charge >= 0.3 is 6.18 Å². The third-order valence-corrected chi connectivity index (χ3v) is 6.22. The number of hydrogen-bond donors (Lipinski definition) is 0. The molecule has 10 heteroatoms. The smallest absolute Gasteiger partial charge is 0.431 e. The summed E-state index contributed by atoms with van der Waals surface area (Å²) in [6.45, 7) is 9.04. The molecule has 34 heavy (non-hydrogen) atoms. The first kappa shape index (κ1) is 26.1. The molecule has 6 nitrogen and oxygen atoms in total. The summed E-state index contributed by atoms with van der Waals surface area (Å²) in [5, 5.41) is 5.76. The van der Waals surface area contributed by atoms with Crippen LogP contribution in [0.2, 0.25) is 5.15 Å². The summed E-state index contributed by atoms with van der Waals surface area (Å²) in [6, 6.07) is 6.81. The average Bonchev–Trinajstić information content (AvgIpc) is 3.18. The fourth-order valence-electron chi connectivity index (χ4n) is 4.31. The zero-order valence-electron chi connectivity index (χ0n) is 19.9.